The summed E-state index contributed by atoms with van der Waals surface area (Å²) < 4.78 is 40.0. The predicted octanol–water partition coefficient (Wildman–Crippen LogP) is 3.60. The van der Waals surface area contributed by atoms with Crippen LogP contribution >= 0.6 is 0 Å². The number of urea groups is 1. The number of nitrogens with zero attached hydrogens (tertiary/aromatic N) is 1. The molecule has 1 aliphatic rings. The Morgan fingerprint density at radius 3 is 2.38 bits per heavy atom. The van der Waals surface area contributed by atoms with E-state index in [-0.39, 0.29) is 24.3 Å². The Labute approximate surface area is 152 Å². The maximum absolute atomic E-state index is 13.3. The molecule has 4 nitrogen and oxygen atoms in total. The zero-order chi connectivity index (χ0) is 19.5. The number of hydrogen-bond donors (Lipinski definition) is 2. The number of nitrogens with one attached hydrogen (secondary N) is 1. The van der Waals surface area contributed by atoms with Crippen molar-refractivity contribution < 1.29 is 23.1 Å². The van der Waals surface area contributed by atoms with Crippen LogP contribution in [0, 0.1) is 11.3 Å². The highest BCUT2D eigenvalue weighted by Crippen LogP contribution is 2.34. The molecule has 1 aliphatic heterocycles. The number of benzene rings is 1. The number of carbonyl (C=O) groups is 1. The van der Waals surface area contributed by atoms with Crippen molar-refractivity contribution in [2.24, 2.45) is 11.3 Å². The number of carbonyl (C=O) groups excluding carboxylic acids is 1. The van der Waals surface area contributed by atoms with E-state index in [1.165, 1.54) is 4.90 Å². The van der Waals surface area contributed by atoms with E-state index in [1.54, 1.807) is 30.3 Å². The van der Waals surface area contributed by atoms with Gasteiger partial charge in [0, 0.05) is 19.5 Å². The van der Waals surface area contributed by atoms with Crippen LogP contribution in [-0.2, 0) is 6.42 Å². The molecule has 3 atom stereocenters. The summed E-state index contributed by atoms with van der Waals surface area (Å²) >= 11 is 0. The summed E-state index contributed by atoms with van der Waals surface area (Å²) in [5, 5.41) is 12.4. The quantitative estimate of drug-likeness (QED) is 0.852. The van der Waals surface area contributed by atoms with Crippen LogP contribution in [0.15, 0.2) is 30.3 Å². The molecule has 1 aromatic carbocycles. The van der Waals surface area contributed by atoms with Crippen molar-refractivity contribution in [2.75, 3.05) is 13.1 Å². The van der Waals surface area contributed by atoms with Gasteiger partial charge < -0.3 is 15.3 Å². The summed E-state index contributed by atoms with van der Waals surface area (Å²) in [5.41, 5.74) is 0.380. The van der Waals surface area contributed by atoms with E-state index >= 15 is 0 Å². The Balaban J connectivity index is 2.01. The first kappa shape index (κ1) is 20.6. The minimum atomic E-state index is -4.55. The lowest BCUT2D eigenvalue weighted by molar-refractivity contribution is -0.153. The Morgan fingerprint density at radius 1 is 1.27 bits per heavy atom. The molecule has 2 amide bonds. The third-order valence-corrected chi connectivity index (χ3v) is 4.96. The molecule has 1 heterocycles. The number of halogens is 3. The molecular weight excluding hydrogens is 345 g/mol. The van der Waals surface area contributed by atoms with Crippen molar-refractivity contribution in [2.45, 2.75) is 51.9 Å². The van der Waals surface area contributed by atoms with Crippen LogP contribution in [0.2, 0.25) is 0 Å². The summed E-state index contributed by atoms with van der Waals surface area (Å²) in [6, 6.07) is 5.51. The fraction of sp³-hybridized carbons (Fsp3) is 0.632. The topological polar surface area (TPSA) is 52.6 Å². The molecule has 0 spiro atoms. The number of likely N-dealkylation sites (tertiary alicyclic amines) is 1. The number of piperidine rings is 1. The normalized spacial score (nSPS) is 22.8. The zero-order valence-electron chi connectivity index (χ0n) is 15.4. The van der Waals surface area contributed by atoms with Gasteiger partial charge in [0.05, 0.1) is 6.10 Å². The smallest absolute Gasteiger partial charge is 0.391 e. The first-order valence-electron chi connectivity index (χ1n) is 8.82. The van der Waals surface area contributed by atoms with Gasteiger partial charge >= 0.3 is 12.2 Å². The van der Waals surface area contributed by atoms with E-state index in [1.807, 2.05) is 20.8 Å². The van der Waals surface area contributed by atoms with E-state index in [9.17, 15) is 23.1 Å². The Kier molecular flexibility index (Phi) is 6.21. The van der Waals surface area contributed by atoms with Crippen LogP contribution < -0.4 is 5.32 Å². The SMILES string of the molecule is CC(C)(C)C1CCN(C(=O)NC(Cc2ccccc2)C(F)(F)F)CC1O. The lowest BCUT2D eigenvalue weighted by atomic mass is 9.74. The van der Waals surface area contributed by atoms with Crippen LogP contribution in [0.5, 0.6) is 0 Å². The fourth-order valence-corrected chi connectivity index (χ4v) is 3.46. The van der Waals surface area contributed by atoms with E-state index in [0.29, 0.717) is 18.5 Å². The molecule has 26 heavy (non-hydrogen) atoms. The van der Waals surface area contributed by atoms with Gasteiger partial charge in [-0.15, -0.1) is 0 Å². The molecule has 0 saturated carbocycles. The number of aliphatic hydroxyl groups is 1. The van der Waals surface area contributed by atoms with Gasteiger partial charge in [-0.05, 0) is 23.3 Å². The highest BCUT2D eigenvalue weighted by atomic mass is 19.4. The molecule has 1 saturated heterocycles. The van der Waals surface area contributed by atoms with Crippen LogP contribution in [0.1, 0.15) is 32.8 Å². The summed E-state index contributed by atoms with van der Waals surface area (Å²) in [7, 11) is 0. The number of β-amino-alcohol motifs (C(OH)–C–C–N with tert-alkyl or cyclic N) is 1. The average molecular weight is 372 g/mol. The summed E-state index contributed by atoms with van der Waals surface area (Å²) in [6.07, 6.45) is -5.05. The van der Waals surface area contributed by atoms with Crippen LogP contribution in [-0.4, -0.2) is 47.4 Å². The van der Waals surface area contributed by atoms with Crippen molar-refractivity contribution >= 4 is 6.03 Å². The Bertz CT molecular complexity index is 599. The highest BCUT2D eigenvalue weighted by Gasteiger charge is 2.42. The summed E-state index contributed by atoms with van der Waals surface area (Å²) in [5.74, 6) is 0.00859. The van der Waals surface area contributed by atoms with Gasteiger partial charge in [0.1, 0.15) is 6.04 Å². The van der Waals surface area contributed by atoms with Gasteiger partial charge in [-0.1, -0.05) is 51.1 Å². The van der Waals surface area contributed by atoms with Gasteiger partial charge in [0.25, 0.3) is 0 Å². The Morgan fingerprint density at radius 2 is 1.88 bits per heavy atom. The molecular formula is C19H27F3N2O2. The standard InChI is InChI=1S/C19H27F3N2O2/c1-18(2,3)14-9-10-24(12-15(14)25)17(26)23-16(19(20,21)22)11-13-7-5-4-6-8-13/h4-8,14-16,25H,9-12H2,1-3H3,(H,23,26). The second-order valence-corrected chi connectivity index (χ2v) is 8.01. The van der Waals surface area contributed by atoms with Crippen LogP contribution in [0.4, 0.5) is 18.0 Å². The average Bonchev–Trinajstić information content (AvgIpc) is 2.53. The van der Waals surface area contributed by atoms with Gasteiger partial charge in [0.2, 0.25) is 0 Å². The molecule has 0 radical (unpaired) electrons. The lowest BCUT2D eigenvalue weighted by Crippen LogP contribution is -2.56. The molecule has 3 unspecified atom stereocenters. The van der Waals surface area contributed by atoms with Crippen molar-refractivity contribution in [3.63, 3.8) is 0 Å². The monoisotopic (exact) mass is 372 g/mol. The first-order chi connectivity index (χ1) is 12.0. The molecule has 0 aliphatic carbocycles. The van der Waals surface area contributed by atoms with Crippen molar-refractivity contribution in [3.8, 4) is 0 Å². The molecule has 2 N–H and O–H groups in total. The second-order valence-electron chi connectivity index (χ2n) is 8.01. The van der Waals surface area contributed by atoms with Crippen LogP contribution in [0.3, 0.4) is 0 Å². The maximum atomic E-state index is 13.3. The van der Waals surface area contributed by atoms with E-state index < -0.39 is 24.4 Å². The number of hydrogen-bond acceptors (Lipinski definition) is 2. The number of aliphatic hydroxyl groups excluding tert-OH is 1. The maximum Gasteiger partial charge on any atom is 0.408 e. The number of alkyl halides is 3. The van der Waals surface area contributed by atoms with Crippen molar-refractivity contribution in [1.29, 1.82) is 0 Å². The third kappa shape index (κ3) is 5.37. The molecule has 146 valence electrons. The van der Waals surface area contributed by atoms with E-state index in [4.69, 9.17) is 0 Å². The fourth-order valence-electron chi connectivity index (χ4n) is 3.46. The number of amides is 2. The molecule has 1 fully saturated rings. The third-order valence-electron chi connectivity index (χ3n) is 4.96. The van der Waals surface area contributed by atoms with E-state index in [0.717, 1.165) is 0 Å². The van der Waals surface area contributed by atoms with Crippen LogP contribution in [0.25, 0.3) is 0 Å². The van der Waals surface area contributed by atoms with Gasteiger partial charge in [-0.25, -0.2) is 4.79 Å². The first-order valence-corrected chi connectivity index (χ1v) is 8.82. The van der Waals surface area contributed by atoms with Gasteiger partial charge in [-0.2, -0.15) is 13.2 Å². The lowest BCUT2D eigenvalue weighted by Gasteiger charge is -2.42. The summed E-state index contributed by atoms with van der Waals surface area (Å²) in [4.78, 5) is 13.6. The van der Waals surface area contributed by atoms with Crippen molar-refractivity contribution in [3.05, 3.63) is 35.9 Å². The Hall–Kier alpha value is -1.76. The zero-order valence-corrected chi connectivity index (χ0v) is 15.4. The minimum Gasteiger partial charge on any atom is -0.391 e. The van der Waals surface area contributed by atoms with Crippen molar-refractivity contribution in [1.82, 2.24) is 10.2 Å². The van der Waals surface area contributed by atoms with Gasteiger partial charge in [-0.3, -0.25) is 0 Å². The number of rotatable bonds is 3. The van der Waals surface area contributed by atoms with Gasteiger partial charge in [0.15, 0.2) is 0 Å². The molecule has 0 aromatic heterocycles. The molecule has 1 aromatic rings. The molecule has 2 rings (SSSR count). The molecule has 0 bridgehead atoms. The largest absolute Gasteiger partial charge is 0.408 e. The summed E-state index contributed by atoms with van der Waals surface area (Å²) in [6.45, 7) is 6.41. The van der Waals surface area contributed by atoms with E-state index in [2.05, 4.69) is 5.32 Å². The predicted molar refractivity (Wildman–Crippen MR) is 93.7 cm³/mol. The second kappa shape index (κ2) is 7.86. The highest BCUT2D eigenvalue weighted by molar-refractivity contribution is 5.74. The molecule has 7 heteroatoms. The minimum absolute atomic E-state index is 0.00859.